The third kappa shape index (κ3) is 8.08. The summed E-state index contributed by atoms with van der Waals surface area (Å²) >= 11 is 0. The first-order valence-corrected chi connectivity index (χ1v) is 5.88. The fraction of sp³-hybridized carbons (Fsp3) is 0.846. The first-order valence-electron chi connectivity index (χ1n) is 5.88. The lowest BCUT2D eigenvalue weighted by Gasteiger charge is -2.07. The molecule has 0 aromatic heterocycles. The van der Waals surface area contributed by atoms with Crippen LogP contribution in [0.3, 0.4) is 0 Å². The van der Waals surface area contributed by atoms with Crippen molar-refractivity contribution >= 4 is 0 Å². The first kappa shape index (κ1) is 12.7. The van der Waals surface area contributed by atoms with Gasteiger partial charge in [0.05, 0.1) is 0 Å². The molecule has 0 amide bonds. The van der Waals surface area contributed by atoms with Crippen molar-refractivity contribution in [3.05, 3.63) is 11.6 Å². The molecule has 0 saturated heterocycles. The van der Waals surface area contributed by atoms with Gasteiger partial charge in [-0.1, -0.05) is 52.2 Å². The molecular formula is C13H26. The summed E-state index contributed by atoms with van der Waals surface area (Å²) in [5.41, 5.74) is 1.66. The van der Waals surface area contributed by atoms with Gasteiger partial charge in [-0.2, -0.15) is 0 Å². The summed E-state index contributed by atoms with van der Waals surface area (Å²) in [6, 6.07) is 0. The van der Waals surface area contributed by atoms with Crippen LogP contribution in [0.15, 0.2) is 11.6 Å². The number of rotatable bonds is 7. The van der Waals surface area contributed by atoms with Crippen LogP contribution in [0.1, 0.15) is 66.2 Å². The zero-order chi connectivity index (χ0) is 10.1. The monoisotopic (exact) mass is 182 g/mol. The SMILES string of the molecule is CCCCCC=C(CC)CC(C)C. The molecule has 0 bridgehead atoms. The minimum Gasteiger partial charge on any atom is -0.0853 e. The van der Waals surface area contributed by atoms with Crippen LogP contribution in [-0.4, -0.2) is 0 Å². The van der Waals surface area contributed by atoms with E-state index in [0.717, 1.165) is 5.92 Å². The van der Waals surface area contributed by atoms with Gasteiger partial charge in [-0.3, -0.25) is 0 Å². The predicted octanol–water partition coefficient (Wildman–Crippen LogP) is 4.95. The molecule has 0 aliphatic heterocycles. The average molecular weight is 182 g/mol. The minimum absolute atomic E-state index is 0.817. The second-order valence-corrected chi connectivity index (χ2v) is 4.31. The maximum Gasteiger partial charge on any atom is -0.0297 e. The zero-order valence-electron chi connectivity index (χ0n) is 9.90. The lowest BCUT2D eigenvalue weighted by atomic mass is 9.99. The van der Waals surface area contributed by atoms with Crippen LogP contribution in [0, 0.1) is 5.92 Å². The Bertz CT molecular complexity index is 131. The molecule has 0 N–H and O–H groups in total. The van der Waals surface area contributed by atoms with E-state index in [1.165, 1.54) is 38.5 Å². The lowest BCUT2D eigenvalue weighted by Crippen LogP contribution is -1.90. The molecule has 78 valence electrons. The molecule has 0 nitrogen and oxygen atoms in total. The Labute approximate surface area is 84.4 Å². The zero-order valence-corrected chi connectivity index (χ0v) is 9.90. The fourth-order valence-electron chi connectivity index (χ4n) is 1.60. The first-order chi connectivity index (χ1) is 6.20. The smallest absolute Gasteiger partial charge is 0.0297 e. The molecule has 0 aromatic rings. The summed E-state index contributed by atoms with van der Waals surface area (Å²) in [4.78, 5) is 0. The van der Waals surface area contributed by atoms with Gasteiger partial charge in [0.1, 0.15) is 0 Å². The Morgan fingerprint density at radius 3 is 2.31 bits per heavy atom. The third-order valence-corrected chi connectivity index (χ3v) is 2.37. The van der Waals surface area contributed by atoms with E-state index in [0.29, 0.717) is 0 Å². The Kier molecular flexibility index (Phi) is 8.18. The van der Waals surface area contributed by atoms with Gasteiger partial charge < -0.3 is 0 Å². The molecule has 0 atom stereocenters. The quantitative estimate of drug-likeness (QED) is 0.386. The summed E-state index contributed by atoms with van der Waals surface area (Å²) < 4.78 is 0. The van der Waals surface area contributed by atoms with Crippen LogP contribution in [0.4, 0.5) is 0 Å². The highest BCUT2D eigenvalue weighted by atomic mass is 14.0. The van der Waals surface area contributed by atoms with E-state index in [9.17, 15) is 0 Å². The highest BCUT2D eigenvalue weighted by Crippen LogP contribution is 2.15. The summed E-state index contributed by atoms with van der Waals surface area (Å²) in [6.45, 7) is 9.14. The van der Waals surface area contributed by atoms with Crippen molar-refractivity contribution in [2.75, 3.05) is 0 Å². The highest BCUT2D eigenvalue weighted by molar-refractivity contribution is 5.01. The van der Waals surface area contributed by atoms with Crippen molar-refractivity contribution < 1.29 is 0 Å². The summed E-state index contributed by atoms with van der Waals surface area (Å²) in [6.07, 6.45) is 10.4. The number of unbranched alkanes of at least 4 members (excludes halogenated alkanes) is 3. The molecule has 0 aliphatic carbocycles. The maximum absolute atomic E-state index is 2.47. The van der Waals surface area contributed by atoms with Crippen LogP contribution in [0.5, 0.6) is 0 Å². The topological polar surface area (TPSA) is 0 Å². The highest BCUT2D eigenvalue weighted by Gasteiger charge is 1.98. The predicted molar refractivity (Wildman–Crippen MR) is 62.0 cm³/mol. The molecule has 0 fully saturated rings. The summed E-state index contributed by atoms with van der Waals surface area (Å²) in [7, 11) is 0. The van der Waals surface area contributed by atoms with Crippen molar-refractivity contribution in [1.29, 1.82) is 0 Å². The van der Waals surface area contributed by atoms with Gasteiger partial charge in [-0.25, -0.2) is 0 Å². The standard InChI is InChI=1S/C13H26/c1-5-7-8-9-10-13(6-2)11-12(3)4/h10,12H,5-9,11H2,1-4H3. The summed E-state index contributed by atoms with van der Waals surface area (Å²) in [5, 5.41) is 0. The summed E-state index contributed by atoms with van der Waals surface area (Å²) in [5.74, 6) is 0.817. The van der Waals surface area contributed by atoms with E-state index < -0.39 is 0 Å². The van der Waals surface area contributed by atoms with E-state index in [1.54, 1.807) is 5.57 Å². The van der Waals surface area contributed by atoms with Gasteiger partial charge in [-0.05, 0) is 31.6 Å². The van der Waals surface area contributed by atoms with E-state index in [4.69, 9.17) is 0 Å². The van der Waals surface area contributed by atoms with Crippen LogP contribution in [-0.2, 0) is 0 Å². The molecule has 13 heavy (non-hydrogen) atoms. The van der Waals surface area contributed by atoms with Crippen LogP contribution in [0.2, 0.25) is 0 Å². The van der Waals surface area contributed by atoms with Gasteiger partial charge in [0.2, 0.25) is 0 Å². The minimum atomic E-state index is 0.817. The molecular weight excluding hydrogens is 156 g/mol. The molecule has 0 unspecified atom stereocenters. The van der Waals surface area contributed by atoms with Crippen molar-refractivity contribution in [3.63, 3.8) is 0 Å². The van der Waals surface area contributed by atoms with Crippen molar-refractivity contribution in [2.24, 2.45) is 5.92 Å². The second kappa shape index (κ2) is 8.34. The molecule has 0 saturated carbocycles. The molecule has 0 aromatic carbocycles. The number of allylic oxidation sites excluding steroid dienone is 2. The fourth-order valence-corrected chi connectivity index (χ4v) is 1.60. The van der Waals surface area contributed by atoms with E-state index in [2.05, 4.69) is 33.8 Å². The number of hydrogen-bond donors (Lipinski definition) is 0. The van der Waals surface area contributed by atoms with Gasteiger partial charge in [0, 0.05) is 0 Å². The van der Waals surface area contributed by atoms with Crippen LogP contribution >= 0.6 is 0 Å². The average Bonchev–Trinajstić information content (AvgIpc) is 2.09. The molecule has 0 aliphatic rings. The Morgan fingerprint density at radius 1 is 1.15 bits per heavy atom. The van der Waals surface area contributed by atoms with E-state index in [-0.39, 0.29) is 0 Å². The Hall–Kier alpha value is -0.260. The largest absolute Gasteiger partial charge is 0.0853 e. The van der Waals surface area contributed by atoms with Gasteiger partial charge in [-0.15, -0.1) is 0 Å². The normalized spacial score (nSPS) is 12.5. The van der Waals surface area contributed by atoms with E-state index >= 15 is 0 Å². The van der Waals surface area contributed by atoms with Gasteiger partial charge in [0.15, 0.2) is 0 Å². The Morgan fingerprint density at radius 2 is 1.85 bits per heavy atom. The van der Waals surface area contributed by atoms with Crippen LogP contribution in [0.25, 0.3) is 0 Å². The molecule has 0 rings (SSSR count). The van der Waals surface area contributed by atoms with Gasteiger partial charge >= 0.3 is 0 Å². The molecule has 0 heterocycles. The van der Waals surface area contributed by atoms with Crippen molar-refractivity contribution in [3.8, 4) is 0 Å². The third-order valence-electron chi connectivity index (χ3n) is 2.37. The lowest BCUT2D eigenvalue weighted by molar-refractivity contribution is 0.625. The van der Waals surface area contributed by atoms with Crippen molar-refractivity contribution in [2.45, 2.75) is 66.2 Å². The van der Waals surface area contributed by atoms with Crippen LogP contribution < -0.4 is 0 Å². The molecule has 0 radical (unpaired) electrons. The van der Waals surface area contributed by atoms with E-state index in [1.807, 2.05) is 0 Å². The van der Waals surface area contributed by atoms with Crippen molar-refractivity contribution in [1.82, 2.24) is 0 Å². The maximum atomic E-state index is 2.47. The van der Waals surface area contributed by atoms with Gasteiger partial charge in [0.25, 0.3) is 0 Å². The number of hydrogen-bond acceptors (Lipinski definition) is 0. The molecule has 0 heteroatoms. The molecule has 0 spiro atoms. The second-order valence-electron chi connectivity index (χ2n) is 4.31. The Balaban J connectivity index is 3.65.